The number of carbonyl (C=O) groups excluding carboxylic acids is 1. The van der Waals surface area contributed by atoms with Crippen molar-refractivity contribution in [3.63, 3.8) is 0 Å². The van der Waals surface area contributed by atoms with Crippen LogP contribution in [0.1, 0.15) is 25.7 Å². The van der Waals surface area contributed by atoms with Gasteiger partial charge in [0.1, 0.15) is 4.90 Å². The molecule has 1 fully saturated rings. The summed E-state index contributed by atoms with van der Waals surface area (Å²) in [6, 6.07) is 4.08. The summed E-state index contributed by atoms with van der Waals surface area (Å²) in [7, 11) is 1.34. The van der Waals surface area contributed by atoms with Crippen molar-refractivity contribution in [1.29, 1.82) is 0 Å². The number of nitrogens with one attached hydrogen (secondary N) is 1. The van der Waals surface area contributed by atoms with Gasteiger partial charge in [0.15, 0.2) is 0 Å². The number of benzene rings is 1. The molecule has 1 aromatic rings. The van der Waals surface area contributed by atoms with Gasteiger partial charge in [-0.15, -0.1) is 0 Å². The van der Waals surface area contributed by atoms with E-state index in [4.69, 9.17) is 27.0 Å². The topological polar surface area (TPSA) is 72.5 Å². The molecule has 0 aromatic heterocycles. The molecule has 2 rings (SSSR count). The van der Waals surface area contributed by atoms with E-state index in [1.807, 2.05) is 0 Å². The van der Waals surface area contributed by atoms with E-state index in [1.165, 1.54) is 18.2 Å². The van der Waals surface area contributed by atoms with E-state index in [0.29, 0.717) is 18.5 Å². The molecule has 116 valence electrons. The van der Waals surface area contributed by atoms with Crippen molar-refractivity contribution in [1.82, 2.24) is 0 Å². The average molecular weight is 352 g/mol. The van der Waals surface area contributed by atoms with Gasteiger partial charge in [-0.25, -0.2) is 8.42 Å². The van der Waals surface area contributed by atoms with Gasteiger partial charge in [-0.05, 0) is 37.5 Å². The molecular weight excluding hydrogens is 337 g/mol. The first-order valence-electron chi connectivity index (χ1n) is 6.52. The Balaban J connectivity index is 1.93. The molecule has 0 bridgehead atoms. The monoisotopic (exact) mass is 351 g/mol. The first kappa shape index (κ1) is 16.5. The van der Waals surface area contributed by atoms with Crippen LogP contribution >= 0.6 is 22.3 Å². The summed E-state index contributed by atoms with van der Waals surface area (Å²) in [5, 5.41) is 2.64. The number of halogens is 2. The Morgan fingerprint density at radius 3 is 2.76 bits per heavy atom. The summed E-state index contributed by atoms with van der Waals surface area (Å²) in [6.45, 7) is 0.760. The lowest BCUT2D eigenvalue weighted by molar-refractivity contribution is -0.116. The number of hydrogen-bond donors (Lipinski definition) is 1. The second-order valence-corrected chi connectivity index (χ2v) is 7.75. The Morgan fingerprint density at radius 2 is 2.19 bits per heavy atom. The maximum absolute atomic E-state index is 11.8. The summed E-state index contributed by atoms with van der Waals surface area (Å²) >= 11 is 5.84. The fraction of sp³-hybridized carbons (Fsp3) is 0.462. The zero-order valence-corrected chi connectivity index (χ0v) is 13.5. The molecule has 0 saturated carbocycles. The molecule has 1 amide bonds. The van der Waals surface area contributed by atoms with E-state index in [-0.39, 0.29) is 21.9 Å². The molecule has 1 aliphatic heterocycles. The van der Waals surface area contributed by atoms with Crippen LogP contribution in [0.15, 0.2) is 23.1 Å². The van der Waals surface area contributed by atoms with Crippen molar-refractivity contribution in [2.75, 3.05) is 11.9 Å². The summed E-state index contributed by atoms with van der Waals surface area (Å²) in [4.78, 5) is 11.6. The largest absolute Gasteiger partial charge is 0.378 e. The quantitative estimate of drug-likeness (QED) is 0.827. The van der Waals surface area contributed by atoms with E-state index in [9.17, 15) is 13.2 Å². The van der Waals surface area contributed by atoms with Crippen LogP contribution in [0.25, 0.3) is 0 Å². The zero-order valence-electron chi connectivity index (χ0n) is 11.1. The highest BCUT2D eigenvalue weighted by Crippen LogP contribution is 2.27. The lowest BCUT2D eigenvalue weighted by Gasteiger charge is -2.10. The molecule has 1 aromatic carbocycles. The van der Waals surface area contributed by atoms with Gasteiger partial charge in [0, 0.05) is 29.4 Å². The van der Waals surface area contributed by atoms with Crippen molar-refractivity contribution in [3.8, 4) is 0 Å². The van der Waals surface area contributed by atoms with Crippen LogP contribution in [0.2, 0.25) is 5.02 Å². The first-order chi connectivity index (χ1) is 9.86. The fourth-order valence-corrected chi connectivity index (χ4v) is 3.69. The Bertz CT molecular complexity index is 627. The molecule has 1 heterocycles. The summed E-state index contributed by atoms with van der Waals surface area (Å²) in [5.41, 5.74) is 0.432. The molecule has 1 atom stereocenters. The Morgan fingerprint density at radius 1 is 1.43 bits per heavy atom. The molecule has 5 nitrogen and oxygen atoms in total. The van der Waals surface area contributed by atoms with Gasteiger partial charge >= 0.3 is 0 Å². The molecule has 1 aliphatic rings. The van der Waals surface area contributed by atoms with Gasteiger partial charge in [-0.3, -0.25) is 4.79 Å². The number of ether oxygens (including phenoxy) is 1. The van der Waals surface area contributed by atoms with E-state index in [0.717, 1.165) is 19.4 Å². The molecule has 1 N–H and O–H groups in total. The van der Waals surface area contributed by atoms with Crippen LogP contribution < -0.4 is 5.32 Å². The Hall–Kier alpha value is -0.820. The third-order valence-electron chi connectivity index (χ3n) is 3.20. The molecule has 21 heavy (non-hydrogen) atoms. The summed E-state index contributed by atoms with van der Waals surface area (Å²) in [6.07, 6.45) is 3.20. The highest BCUT2D eigenvalue weighted by Gasteiger charge is 2.18. The van der Waals surface area contributed by atoms with E-state index >= 15 is 0 Å². The molecule has 0 aliphatic carbocycles. The number of rotatable bonds is 5. The zero-order chi connectivity index (χ0) is 15.5. The van der Waals surface area contributed by atoms with Crippen LogP contribution in [0.5, 0.6) is 0 Å². The van der Waals surface area contributed by atoms with Gasteiger partial charge in [0.2, 0.25) is 5.91 Å². The molecular formula is C13H15Cl2NO4S. The van der Waals surface area contributed by atoms with Gasteiger partial charge in [-0.2, -0.15) is 0 Å². The summed E-state index contributed by atoms with van der Waals surface area (Å²) < 4.78 is 27.9. The minimum atomic E-state index is -3.89. The van der Waals surface area contributed by atoms with Crippen LogP contribution in [0.3, 0.4) is 0 Å². The predicted molar refractivity (Wildman–Crippen MR) is 81.3 cm³/mol. The van der Waals surface area contributed by atoms with Crippen LogP contribution in [-0.2, 0) is 18.6 Å². The van der Waals surface area contributed by atoms with Crippen molar-refractivity contribution in [3.05, 3.63) is 23.2 Å². The minimum absolute atomic E-state index is 0.0260. The maximum Gasteiger partial charge on any atom is 0.262 e. The van der Waals surface area contributed by atoms with Crippen LogP contribution in [0, 0.1) is 0 Å². The molecule has 0 radical (unpaired) electrons. The van der Waals surface area contributed by atoms with Gasteiger partial charge in [0.25, 0.3) is 9.05 Å². The third kappa shape index (κ3) is 4.85. The van der Waals surface area contributed by atoms with E-state index < -0.39 is 9.05 Å². The molecule has 0 spiro atoms. The molecule has 8 heteroatoms. The standard InChI is InChI=1S/C13H15Cl2NO4S/c14-11-8-9(3-5-12(11)21(15,18)19)16-13(17)6-4-10-2-1-7-20-10/h3,5,8,10H,1-2,4,6-7H2,(H,16,17). The third-order valence-corrected chi connectivity index (χ3v) is 5.00. The number of hydrogen-bond acceptors (Lipinski definition) is 4. The second-order valence-electron chi connectivity index (χ2n) is 4.80. The van der Waals surface area contributed by atoms with Gasteiger partial charge < -0.3 is 10.1 Å². The number of carbonyl (C=O) groups is 1. The highest BCUT2D eigenvalue weighted by molar-refractivity contribution is 8.13. The maximum atomic E-state index is 11.8. The Labute approximate surface area is 133 Å². The molecule has 1 saturated heterocycles. The first-order valence-corrected chi connectivity index (χ1v) is 9.20. The normalized spacial score (nSPS) is 18.7. The smallest absolute Gasteiger partial charge is 0.262 e. The minimum Gasteiger partial charge on any atom is -0.378 e. The van der Waals surface area contributed by atoms with Crippen molar-refractivity contribution >= 4 is 42.9 Å². The second kappa shape index (κ2) is 6.96. The van der Waals surface area contributed by atoms with E-state index in [1.54, 1.807) is 0 Å². The fourth-order valence-electron chi connectivity index (χ4n) is 2.16. The van der Waals surface area contributed by atoms with Crippen molar-refractivity contribution in [2.45, 2.75) is 36.7 Å². The van der Waals surface area contributed by atoms with E-state index in [2.05, 4.69) is 5.32 Å². The van der Waals surface area contributed by atoms with Crippen molar-refractivity contribution in [2.24, 2.45) is 0 Å². The Kier molecular flexibility index (Phi) is 5.48. The summed E-state index contributed by atoms with van der Waals surface area (Å²) in [5.74, 6) is -0.164. The SMILES string of the molecule is O=C(CCC1CCCO1)Nc1ccc(S(=O)(=O)Cl)c(Cl)c1. The van der Waals surface area contributed by atoms with Crippen LogP contribution in [-0.4, -0.2) is 27.0 Å². The predicted octanol–water partition coefficient (Wildman–Crippen LogP) is 3.17. The van der Waals surface area contributed by atoms with Gasteiger partial charge in [-0.1, -0.05) is 11.6 Å². The van der Waals surface area contributed by atoms with Crippen molar-refractivity contribution < 1.29 is 17.9 Å². The number of anilines is 1. The lowest BCUT2D eigenvalue weighted by Crippen LogP contribution is -2.15. The molecule has 1 unspecified atom stereocenters. The number of amides is 1. The van der Waals surface area contributed by atoms with Gasteiger partial charge in [0.05, 0.1) is 11.1 Å². The average Bonchev–Trinajstić information content (AvgIpc) is 2.88. The van der Waals surface area contributed by atoms with Crippen LogP contribution in [0.4, 0.5) is 5.69 Å². The lowest BCUT2D eigenvalue weighted by atomic mass is 10.1. The highest BCUT2D eigenvalue weighted by atomic mass is 35.7.